The van der Waals surface area contributed by atoms with Crippen molar-refractivity contribution >= 4 is 5.69 Å². The predicted octanol–water partition coefficient (Wildman–Crippen LogP) is 3.14. The maximum Gasteiger partial charge on any atom is 0.143 e. The summed E-state index contributed by atoms with van der Waals surface area (Å²) in [5.74, 6) is 0.993. The van der Waals surface area contributed by atoms with Gasteiger partial charge in [-0.3, -0.25) is 0 Å². The summed E-state index contributed by atoms with van der Waals surface area (Å²) in [6, 6.07) is 6.39. The van der Waals surface area contributed by atoms with Crippen LogP contribution in [0.2, 0.25) is 0 Å². The molecule has 0 saturated heterocycles. The molecule has 1 aromatic carbocycles. The number of hydrogen-bond acceptors (Lipinski definition) is 3. The molecule has 0 unspecified atom stereocenters. The van der Waals surface area contributed by atoms with Crippen LogP contribution in [0.1, 0.15) is 38.7 Å². The van der Waals surface area contributed by atoms with E-state index >= 15 is 0 Å². The van der Waals surface area contributed by atoms with Gasteiger partial charge in [0, 0.05) is 13.2 Å². The summed E-state index contributed by atoms with van der Waals surface area (Å²) >= 11 is 0. The van der Waals surface area contributed by atoms with Gasteiger partial charge < -0.3 is 14.7 Å². The highest BCUT2D eigenvalue weighted by Gasteiger charge is 2.36. The van der Waals surface area contributed by atoms with Crippen LogP contribution in [0.4, 0.5) is 5.69 Å². The van der Waals surface area contributed by atoms with Crippen LogP contribution in [0.15, 0.2) is 18.2 Å². The number of rotatable bonds is 5. The fraction of sp³-hybridized carbons (Fsp3) is 0.625. The number of ether oxygens (including phenoxy) is 1. The lowest BCUT2D eigenvalue weighted by Gasteiger charge is -2.44. The number of aliphatic hydroxyl groups is 1. The Balaban J connectivity index is 2.34. The minimum Gasteiger partial charge on any atom is -0.483 e. The van der Waals surface area contributed by atoms with Gasteiger partial charge >= 0.3 is 0 Å². The van der Waals surface area contributed by atoms with E-state index in [0.29, 0.717) is 0 Å². The minimum atomic E-state index is -0.0871. The second-order valence-electron chi connectivity index (χ2n) is 5.46. The maximum absolute atomic E-state index is 9.08. The highest BCUT2D eigenvalue weighted by Crippen LogP contribution is 2.40. The summed E-state index contributed by atoms with van der Waals surface area (Å²) in [4.78, 5) is 2.36. The Morgan fingerprint density at radius 1 is 1.32 bits per heavy atom. The van der Waals surface area contributed by atoms with Gasteiger partial charge in [0.05, 0.1) is 12.2 Å². The highest BCUT2D eigenvalue weighted by molar-refractivity contribution is 5.61. The van der Waals surface area contributed by atoms with Crippen molar-refractivity contribution in [2.24, 2.45) is 0 Å². The van der Waals surface area contributed by atoms with Crippen molar-refractivity contribution in [1.82, 2.24) is 0 Å². The normalized spacial score (nSPS) is 16.9. The average molecular weight is 263 g/mol. The SMILES string of the molecule is CCC1(CC)CN(CCCO)c2ccc(C)cc2O1. The monoisotopic (exact) mass is 263 g/mol. The molecule has 0 radical (unpaired) electrons. The molecule has 19 heavy (non-hydrogen) atoms. The van der Waals surface area contributed by atoms with Crippen LogP contribution in [0, 0.1) is 6.92 Å². The first-order valence-electron chi connectivity index (χ1n) is 7.29. The Labute approximate surface area is 116 Å². The summed E-state index contributed by atoms with van der Waals surface area (Å²) in [6.45, 7) is 8.51. The fourth-order valence-electron chi connectivity index (χ4n) is 2.74. The molecule has 0 saturated carbocycles. The molecule has 1 N–H and O–H groups in total. The van der Waals surface area contributed by atoms with Gasteiger partial charge in [-0.15, -0.1) is 0 Å². The van der Waals surface area contributed by atoms with Gasteiger partial charge in [-0.25, -0.2) is 0 Å². The molecule has 0 fully saturated rings. The quantitative estimate of drug-likeness (QED) is 0.886. The van der Waals surface area contributed by atoms with E-state index in [0.717, 1.165) is 43.8 Å². The molecular weight excluding hydrogens is 238 g/mol. The van der Waals surface area contributed by atoms with Gasteiger partial charge in [0.15, 0.2) is 0 Å². The lowest BCUT2D eigenvalue weighted by Crippen LogP contribution is -2.50. The molecule has 0 spiro atoms. The van der Waals surface area contributed by atoms with E-state index < -0.39 is 0 Å². The zero-order chi connectivity index (χ0) is 13.9. The number of benzene rings is 1. The Bertz CT molecular complexity index is 427. The lowest BCUT2D eigenvalue weighted by molar-refractivity contribution is 0.0570. The number of fused-ring (bicyclic) bond motifs is 1. The van der Waals surface area contributed by atoms with Crippen LogP contribution in [0.3, 0.4) is 0 Å². The Morgan fingerprint density at radius 2 is 2.05 bits per heavy atom. The van der Waals surface area contributed by atoms with Gasteiger partial charge in [0.1, 0.15) is 11.4 Å². The Morgan fingerprint density at radius 3 is 2.68 bits per heavy atom. The molecule has 0 aliphatic carbocycles. The van der Waals surface area contributed by atoms with Crippen molar-refractivity contribution in [3.63, 3.8) is 0 Å². The summed E-state index contributed by atoms with van der Waals surface area (Å²) < 4.78 is 6.30. The van der Waals surface area contributed by atoms with E-state index in [-0.39, 0.29) is 12.2 Å². The molecule has 0 amide bonds. The Hall–Kier alpha value is -1.22. The van der Waals surface area contributed by atoms with Crippen molar-refractivity contribution in [1.29, 1.82) is 0 Å². The zero-order valence-corrected chi connectivity index (χ0v) is 12.3. The molecule has 106 valence electrons. The molecule has 0 aromatic heterocycles. The van der Waals surface area contributed by atoms with Gasteiger partial charge in [-0.2, -0.15) is 0 Å². The molecule has 3 nitrogen and oxygen atoms in total. The first kappa shape index (κ1) is 14.2. The summed E-state index contributed by atoms with van der Waals surface area (Å²) in [6.07, 6.45) is 2.82. The topological polar surface area (TPSA) is 32.7 Å². The van der Waals surface area contributed by atoms with Crippen LogP contribution in [-0.2, 0) is 0 Å². The van der Waals surface area contributed by atoms with Crippen molar-refractivity contribution in [3.8, 4) is 5.75 Å². The molecule has 0 bridgehead atoms. The first-order valence-corrected chi connectivity index (χ1v) is 7.29. The molecule has 1 aliphatic rings. The molecule has 1 heterocycles. The third-order valence-corrected chi connectivity index (χ3v) is 4.14. The lowest BCUT2D eigenvalue weighted by atomic mass is 9.93. The third kappa shape index (κ3) is 2.86. The summed E-state index contributed by atoms with van der Waals surface area (Å²) in [5.41, 5.74) is 2.30. The number of nitrogens with zero attached hydrogens (tertiary/aromatic N) is 1. The standard InChI is InChI=1S/C16H25NO2/c1-4-16(5-2)12-17(9-6-10-18)14-8-7-13(3)11-15(14)19-16/h7-8,11,18H,4-6,9-10,12H2,1-3H3. The van der Waals surface area contributed by atoms with Crippen LogP contribution in [-0.4, -0.2) is 30.4 Å². The van der Waals surface area contributed by atoms with Crippen LogP contribution < -0.4 is 9.64 Å². The maximum atomic E-state index is 9.08. The van der Waals surface area contributed by atoms with Crippen molar-refractivity contribution in [2.75, 3.05) is 24.6 Å². The largest absolute Gasteiger partial charge is 0.483 e. The van der Waals surface area contributed by atoms with Crippen LogP contribution in [0.25, 0.3) is 0 Å². The van der Waals surface area contributed by atoms with Gasteiger partial charge in [0.2, 0.25) is 0 Å². The number of anilines is 1. The van der Waals surface area contributed by atoms with Gasteiger partial charge in [-0.1, -0.05) is 19.9 Å². The van der Waals surface area contributed by atoms with E-state index in [1.807, 2.05) is 0 Å². The second-order valence-corrected chi connectivity index (χ2v) is 5.46. The molecule has 3 heteroatoms. The van der Waals surface area contributed by atoms with Crippen LogP contribution >= 0.6 is 0 Å². The Kier molecular flexibility index (Phi) is 4.35. The summed E-state index contributed by atoms with van der Waals surface area (Å²) in [7, 11) is 0. The number of aliphatic hydroxyl groups excluding tert-OH is 1. The van der Waals surface area contributed by atoms with E-state index in [2.05, 4.69) is 43.9 Å². The highest BCUT2D eigenvalue weighted by atomic mass is 16.5. The molecule has 0 atom stereocenters. The fourth-order valence-corrected chi connectivity index (χ4v) is 2.74. The third-order valence-electron chi connectivity index (χ3n) is 4.14. The van der Waals surface area contributed by atoms with E-state index in [1.54, 1.807) is 0 Å². The molecule has 1 aliphatic heterocycles. The van der Waals surface area contributed by atoms with Crippen molar-refractivity contribution in [2.45, 2.75) is 45.6 Å². The molecule has 1 aromatic rings. The van der Waals surface area contributed by atoms with Crippen molar-refractivity contribution in [3.05, 3.63) is 23.8 Å². The molecular formula is C16H25NO2. The van der Waals surface area contributed by atoms with E-state index in [1.165, 1.54) is 5.56 Å². The smallest absolute Gasteiger partial charge is 0.143 e. The first-order chi connectivity index (χ1) is 9.14. The minimum absolute atomic E-state index is 0.0871. The van der Waals surface area contributed by atoms with Crippen molar-refractivity contribution < 1.29 is 9.84 Å². The zero-order valence-electron chi connectivity index (χ0n) is 12.3. The number of hydrogen-bond donors (Lipinski definition) is 1. The molecule has 2 rings (SSSR count). The average Bonchev–Trinajstić information content (AvgIpc) is 2.43. The van der Waals surface area contributed by atoms with Gasteiger partial charge in [0.25, 0.3) is 0 Å². The predicted molar refractivity (Wildman–Crippen MR) is 79.0 cm³/mol. The second kappa shape index (κ2) is 5.83. The van der Waals surface area contributed by atoms with E-state index in [9.17, 15) is 0 Å². The number of aryl methyl sites for hydroxylation is 1. The van der Waals surface area contributed by atoms with Crippen LogP contribution in [0.5, 0.6) is 5.75 Å². The van der Waals surface area contributed by atoms with Gasteiger partial charge in [-0.05, 0) is 43.9 Å². The van der Waals surface area contributed by atoms with E-state index in [4.69, 9.17) is 9.84 Å². The summed E-state index contributed by atoms with van der Waals surface area (Å²) in [5, 5.41) is 9.08.